The average Bonchev–Trinajstić information content (AvgIpc) is 3.16. The van der Waals surface area contributed by atoms with Crippen molar-refractivity contribution in [1.82, 2.24) is 10.2 Å². The molecule has 0 aromatic heterocycles. The summed E-state index contributed by atoms with van der Waals surface area (Å²) >= 11 is 0. The Bertz CT molecular complexity index is 859. The van der Waals surface area contributed by atoms with Crippen LogP contribution in [0.5, 0.6) is 0 Å². The van der Waals surface area contributed by atoms with Crippen LogP contribution in [0, 0.1) is 0 Å². The van der Waals surface area contributed by atoms with Crippen LogP contribution in [0.2, 0.25) is 0 Å². The fraction of sp³-hybridized carbons (Fsp3) is 0.462. The number of nitrogens with zero attached hydrogens (tertiary/aromatic N) is 2. The molecule has 0 unspecified atom stereocenters. The molecule has 0 atom stereocenters. The highest BCUT2D eigenvalue weighted by molar-refractivity contribution is 6.19. The molecule has 7 heteroatoms. The first-order valence-corrected chi connectivity index (χ1v) is 11.7. The van der Waals surface area contributed by atoms with Gasteiger partial charge in [0.2, 0.25) is 0 Å². The molecule has 1 heterocycles. The zero-order valence-corrected chi connectivity index (χ0v) is 19.5. The molecular weight excluding hydrogens is 418 g/mol. The van der Waals surface area contributed by atoms with Gasteiger partial charge in [0.25, 0.3) is 5.91 Å². The molecular formula is C26H35N3O4. The number of ether oxygens (including phenoxy) is 2. The van der Waals surface area contributed by atoms with Crippen LogP contribution in [0.3, 0.4) is 0 Å². The first-order valence-electron chi connectivity index (χ1n) is 11.7. The Kier molecular flexibility index (Phi) is 10.4. The predicted molar refractivity (Wildman–Crippen MR) is 129 cm³/mol. The smallest absolute Gasteiger partial charge is 0.329 e. The van der Waals surface area contributed by atoms with Gasteiger partial charge < -0.3 is 14.8 Å². The van der Waals surface area contributed by atoms with E-state index >= 15 is 0 Å². The Morgan fingerprint density at radius 2 is 1.61 bits per heavy atom. The minimum Gasteiger partial charge on any atom is -0.380 e. The summed E-state index contributed by atoms with van der Waals surface area (Å²) in [5, 5.41) is 2.55. The fourth-order valence-electron chi connectivity index (χ4n) is 3.72. The van der Waals surface area contributed by atoms with Crippen LogP contribution in [0.4, 0.5) is 10.5 Å². The lowest BCUT2D eigenvalue weighted by Gasteiger charge is -2.18. The molecule has 0 aliphatic carbocycles. The number of carbonyl (C=O) groups is 2. The van der Waals surface area contributed by atoms with E-state index in [4.69, 9.17) is 9.47 Å². The van der Waals surface area contributed by atoms with Gasteiger partial charge in [-0.3, -0.25) is 9.69 Å². The van der Waals surface area contributed by atoms with E-state index in [1.54, 1.807) is 6.07 Å². The number of urea groups is 1. The first-order chi connectivity index (χ1) is 16.1. The number of rotatable bonds is 15. The average molecular weight is 454 g/mol. The molecule has 2 aromatic rings. The molecule has 7 nitrogen and oxygen atoms in total. The van der Waals surface area contributed by atoms with Crippen molar-refractivity contribution >= 4 is 17.6 Å². The third-order valence-electron chi connectivity index (χ3n) is 5.52. The zero-order valence-electron chi connectivity index (χ0n) is 19.5. The molecule has 178 valence electrons. The van der Waals surface area contributed by atoms with Gasteiger partial charge in [-0.25, -0.2) is 9.69 Å². The van der Waals surface area contributed by atoms with E-state index in [2.05, 4.69) is 22.3 Å². The molecule has 1 saturated heterocycles. The van der Waals surface area contributed by atoms with Gasteiger partial charge in [0.15, 0.2) is 0 Å². The normalized spacial score (nSPS) is 13.7. The van der Waals surface area contributed by atoms with E-state index in [-0.39, 0.29) is 18.5 Å². The van der Waals surface area contributed by atoms with E-state index in [1.807, 2.05) is 43.4 Å². The number of benzene rings is 2. The summed E-state index contributed by atoms with van der Waals surface area (Å²) in [7, 11) is 2.04. The molecule has 3 amide bonds. The van der Waals surface area contributed by atoms with Crippen molar-refractivity contribution in [2.24, 2.45) is 0 Å². The Morgan fingerprint density at radius 3 is 2.33 bits per heavy atom. The highest BCUT2D eigenvalue weighted by Crippen LogP contribution is 2.19. The van der Waals surface area contributed by atoms with Crippen LogP contribution >= 0.6 is 0 Å². The number of hydrogen-bond donors (Lipinski definition) is 1. The van der Waals surface area contributed by atoms with Gasteiger partial charge in [-0.2, -0.15) is 0 Å². The summed E-state index contributed by atoms with van der Waals surface area (Å²) < 4.78 is 11.5. The summed E-state index contributed by atoms with van der Waals surface area (Å²) in [4.78, 5) is 27.1. The van der Waals surface area contributed by atoms with Gasteiger partial charge in [-0.15, -0.1) is 0 Å². The summed E-state index contributed by atoms with van der Waals surface area (Å²) in [5.74, 6) is -0.224. The Labute approximate surface area is 196 Å². The minimum atomic E-state index is -0.362. The monoisotopic (exact) mass is 453 g/mol. The SMILES string of the molecule is CN(CCOCCCCCCOCc1ccccc1)Cc1cccc(N2C(=O)CNC2=O)c1. The molecule has 0 radical (unpaired) electrons. The lowest BCUT2D eigenvalue weighted by Crippen LogP contribution is -2.30. The molecule has 33 heavy (non-hydrogen) atoms. The van der Waals surface area contributed by atoms with Gasteiger partial charge >= 0.3 is 6.03 Å². The van der Waals surface area contributed by atoms with Gasteiger partial charge in [-0.05, 0) is 43.1 Å². The second-order valence-corrected chi connectivity index (χ2v) is 8.36. The van der Waals surface area contributed by atoms with Crippen molar-refractivity contribution in [3.63, 3.8) is 0 Å². The highest BCUT2D eigenvalue weighted by atomic mass is 16.5. The van der Waals surface area contributed by atoms with Crippen LogP contribution in [-0.2, 0) is 27.4 Å². The topological polar surface area (TPSA) is 71.1 Å². The van der Waals surface area contributed by atoms with Crippen LogP contribution in [-0.4, -0.2) is 56.8 Å². The number of unbranched alkanes of at least 4 members (excludes halogenated alkanes) is 3. The van der Waals surface area contributed by atoms with Gasteiger partial charge in [0.1, 0.15) is 0 Å². The van der Waals surface area contributed by atoms with E-state index in [1.165, 1.54) is 10.5 Å². The van der Waals surface area contributed by atoms with Crippen LogP contribution in [0.15, 0.2) is 54.6 Å². The summed E-state index contributed by atoms with van der Waals surface area (Å²) in [5.41, 5.74) is 2.89. The maximum atomic E-state index is 11.9. The first kappa shape index (κ1) is 24.9. The van der Waals surface area contributed by atoms with Gasteiger partial charge in [-0.1, -0.05) is 55.3 Å². The maximum absolute atomic E-state index is 11.9. The van der Waals surface area contributed by atoms with Crippen molar-refractivity contribution in [1.29, 1.82) is 0 Å². The summed E-state index contributed by atoms with van der Waals surface area (Å²) in [6.45, 7) is 4.56. The Morgan fingerprint density at radius 1 is 0.879 bits per heavy atom. The van der Waals surface area contributed by atoms with Crippen LogP contribution in [0.1, 0.15) is 36.8 Å². The standard InChI is InChI=1S/C26H35N3O4/c1-28(20-23-12-9-13-24(18-23)29-25(30)19-27-26(29)31)14-17-32-15-7-2-3-8-16-33-21-22-10-5-4-6-11-22/h4-6,9-13,18H,2-3,7-8,14-17,19-21H2,1H3,(H,27,31). The lowest BCUT2D eigenvalue weighted by molar-refractivity contribution is -0.115. The number of anilines is 1. The van der Waals surface area contributed by atoms with Crippen molar-refractivity contribution in [2.75, 3.05) is 44.9 Å². The highest BCUT2D eigenvalue weighted by Gasteiger charge is 2.29. The number of carbonyl (C=O) groups excluding carboxylic acids is 2. The molecule has 0 saturated carbocycles. The van der Waals surface area contributed by atoms with Crippen LogP contribution < -0.4 is 10.2 Å². The van der Waals surface area contributed by atoms with Crippen molar-refractivity contribution < 1.29 is 19.1 Å². The largest absolute Gasteiger partial charge is 0.380 e. The third-order valence-corrected chi connectivity index (χ3v) is 5.52. The molecule has 2 aromatic carbocycles. The molecule has 3 rings (SSSR count). The van der Waals surface area contributed by atoms with E-state index < -0.39 is 0 Å². The number of hydrogen-bond acceptors (Lipinski definition) is 5. The minimum absolute atomic E-state index is 0.0579. The lowest BCUT2D eigenvalue weighted by atomic mass is 10.2. The Balaban J connectivity index is 1.20. The van der Waals surface area contributed by atoms with Crippen molar-refractivity contribution in [3.8, 4) is 0 Å². The predicted octanol–water partition coefficient (Wildman–Crippen LogP) is 3.97. The Hall–Kier alpha value is -2.74. The third kappa shape index (κ3) is 8.61. The zero-order chi connectivity index (χ0) is 23.3. The van der Waals surface area contributed by atoms with E-state index in [9.17, 15) is 9.59 Å². The number of imide groups is 1. The van der Waals surface area contributed by atoms with E-state index in [0.717, 1.165) is 57.6 Å². The van der Waals surface area contributed by atoms with Gasteiger partial charge in [0, 0.05) is 26.3 Å². The quantitative estimate of drug-likeness (QED) is 0.326. The van der Waals surface area contributed by atoms with Crippen molar-refractivity contribution in [2.45, 2.75) is 38.8 Å². The second kappa shape index (κ2) is 13.7. The number of likely N-dealkylation sites (N-methyl/N-ethyl adjacent to an activating group) is 1. The summed E-state index contributed by atoms with van der Waals surface area (Å²) in [6.07, 6.45) is 4.46. The van der Waals surface area contributed by atoms with Gasteiger partial charge in [0.05, 0.1) is 25.4 Å². The fourth-order valence-corrected chi connectivity index (χ4v) is 3.72. The van der Waals surface area contributed by atoms with Crippen molar-refractivity contribution in [3.05, 3.63) is 65.7 Å². The molecule has 1 aliphatic rings. The molecule has 0 spiro atoms. The molecule has 1 aliphatic heterocycles. The number of amides is 3. The molecule has 1 N–H and O–H groups in total. The molecule has 0 bridgehead atoms. The van der Waals surface area contributed by atoms with Crippen LogP contribution in [0.25, 0.3) is 0 Å². The molecule has 1 fully saturated rings. The number of nitrogens with one attached hydrogen (secondary N) is 1. The summed E-state index contributed by atoms with van der Waals surface area (Å²) in [6, 6.07) is 17.5. The van der Waals surface area contributed by atoms with E-state index in [0.29, 0.717) is 18.9 Å². The maximum Gasteiger partial charge on any atom is 0.329 e. The second-order valence-electron chi connectivity index (χ2n) is 8.36.